The van der Waals surface area contributed by atoms with E-state index < -0.39 is 0 Å². The average Bonchev–Trinajstić information content (AvgIpc) is 2.72. The summed E-state index contributed by atoms with van der Waals surface area (Å²) in [5, 5.41) is 3.32. The van der Waals surface area contributed by atoms with E-state index in [1.807, 2.05) is 23.1 Å². The van der Waals surface area contributed by atoms with Gasteiger partial charge in [0, 0.05) is 25.6 Å². The Morgan fingerprint density at radius 2 is 2.04 bits per heavy atom. The molecule has 1 fully saturated rings. The Hall–Kier alpha value is -2.63. The molecule has 0 unspecified atom stereocenters. The van der Waals surface area contributed by atoms with E-state index in [0.717, 1.165) is 44.6 Å². The van der Waals surface area contributed by atoms with Crippen molar-refractivity contribution in [2.45, 2.75) is 25.7 Å². The molecule has 2 aromatic rings. The van der Waals surface area contributed by atoms with E-state index in [1.165, 1.54) is 12.0 Å². The van der Waals surface area contributed by atoms with Crippen molar-refractivity contribution in [1.29, 1.82) is 0 Å². The van der Waals surface area contributed by atoms with Crippen LogP contribution in [-0.2, 0) is 6.42 Å². The third-order valence-electron chi connectivity index (χ3n) is 5.02. The Balaban J connectivity index is 1.36. The van der Waals surface area contributed by atoms with Gasteiger partial charge in [-0.3, -0.25) is 9.78 Å². The fourth-order valence-corrected chi connectivity index (χ4v) is 3.58. The largest absolute Gasteiger partial charge is 0.493 e. The summed E-state index contributed by atoms with van der Waals surface area (Å²) in [5.74, 6) is 1.98. The van der Waals surface area contributed by atoms with Gasteiger partial charge in [0.15, 0.2) is 0 Å². The van der Waals surface area contributed by atoms with Gasteiger partial charge in [-0.2, -0.15) is 0 Å². The van der Waals surface area contributed by atoms with Crippen molar-refractivity contribution in [1.82, 2.24) is 14.9 Å². The van der Waals surface area contributed by atoms with Gasteiger partial charge in [0.2, 0.25) is 0 Å². The Morgan fingerprint density at radius 1 is 1.19 bits per heavy atom. The van der Waals surface area contributed by atoms with E-state index in [-0.39, 0.29) is 5.91 Å². The summed E-state index contributed by atoms with van der Waals surface area (Å²) in [6.07, 6.45) is 7.54. The van der Waals surface area contributed by atoms with Gasteiger partial charge in [-0.05, 0) is 37.3 Å². The Labute approximate surface area is 153 Å². The van der Waals surface area contributed by atoms with E-state index in [2.05, 4.69) is 21.4 Å². The maximum absolute atomic E-state index is 12.6. The molecule has 26 heavy (non-hydrogen) atoms. The van der Waals surface area contributed by atoms with E-state index in [0.29, 0.717) is 24.0 Å². The number of carbonyl (C=O) groups excluding carboxylic acids is 1. The number of benzene rings is 1. The highest BCUT2D eigenvalue weighted by Gasteiger charge is 2.21. The zero-order valence-electron chi connectivity index (χ0n) is 14.9. The number of ether oxygens (including phenoxy) is 1. The molecule has 6 heteroatoms. The van der Waals surface area contributed by atoms with Gasteiger partial charge in [0.05, 0.1) is 19.0 Å². The number of anilines is 1. The van der Waals surface area contributed by atoms with Gasteiger partial charge in [-0.1, -0.05) is 18.2 Å². The predicted octanol–water partition coefficient (Wildman–Crippen LogP) is 2.77. The van der Waals surface area contributed by atoms with Crippen LogP contribution in [-0.4, -0.2) is 47.0 Å². The van der Waals surface area contributed by atoms with E-state index in [9.17, 15) is 4.79 Å². The quantitative estimate of drug-likeness (QED) is 0.916. The highest BCUT2D eigenvalue weighted by Crippen LogP contribution is 2.26. The average molecular weight is 352 g/mol. The summed E-state index contributed by atoms with van der Waals surface area (Å²) in [5.41, 5.74) is 1.66. The fraction of sp³-hybridized carbons (Fsp3) is 0.450. The molecule has 4 rings (SSSR count). The van der Waals surface area contributed by atoms with Gasteiger partial charge < -0.3 is 15.0 Å². The first-order valence-corrected chi connectivity index (χ1v) is 9.35. The summed E-state index contributed by atoms with van der Waals surface area (Å²) in [6.45, 7) is 3.06. The lowest BCUT2D eigenvalue weighted by Crippen LogP contribution is -2.36. The number of fused-ring (bicyclic) bond motifs is 1. The molecule has 3 heterocycles. The number of carbonyl (C=O) groups is 1. The number of likely N-dealkylation sites (tertiary alicyclic amines) is 1. The lowest BCUT2D eigenvalue weighted by molar-refractivity contribution is 0.0718. The van der Waals surface area contributed by atoms with Crippen molar-refractivity contribution in [3.63, 3.8) is 0 Å². The zero-order valence-corrected chi connectivity index (χ0v) is 14.9. The van der Waals surface area contributed by atoms with Crippen molar-refractivity contribution in [3.05, 3.63) is 47.9 Å². The van der Waals surface area contributed by atoms with Gasteiger partial charge >= 0.3 is 0 Å². The van der Waals surface area contributed by atoms with Crippen LogP contribution in [0.2, 0.25) is 0 Å². The molecule has 0 saturated carbocycles. The van der Waals surface area contributed by atoms with Crippen molar-refractivity contribution in [3.8, 4) is 5.75 Å². The minimum absolute atomic E-state index is 0.0178. The lowest BCUT2D eigenvalue weighted by atomic mass is 9.97. The Bertz CT molecular complexity index is 774. The second kappa shape index (κ2) is 7.72. The molecule has 136 valence electrons. The number of piperidine rings is 1. The second-order valence-electron chi connectivity index (χ2n) is 7.01. The fourth-order valence-electron chi connectivity index (χ4n) is 3.58. The van der Waals surface area contributed by atoms with Gasteiger partial charge in [0.25, 0.3) is 5.91 Å². The highest BCUT2D eigenvalue weighted by atomic mass is 16.5. The van der Waals surface area contributed by atoms with Crippen LogP contribution in [0.4, 0.5) is 5.82 Å². The van der Waals surface area contributed by atoms with Crippen LogP contribution in [0.25, 0.3) is 0 Å². The van der Waals surface area contributed by atoms with Crippen LogP contribution >= 0.6 is 0 Å². The van der Waals surface area contributed by atoms with Gasteiger partial charge in [-0.15, -0.1) is 0 Å². The molecule has 0 bridgehead atoms. The van der Waals surface area contributed by atoms with Crippen LogP contribution in [0.1, 0.15) is 35.3 Å². The molecular weight excluding hydrogens is 328 g/mol. The van der Waals surface area contributed by atoms with Crippen LogP contribution < -0.4 is 10.1 Å². The number of nitrogens with one attached hydrogen (secondary N) is 1. The van der Waals surface area contributed by atoms with Crippen LogP contribution in [0, 0.1) is 5.92 Å². The Kier molecular flexibility index (Phi) is 5.00. The summed E-state index contributed by atoms with van der Waals surface area (Å²) in [4.78, 5) is 23.1. The molecule has 2 aliphatic heterocycles. The van der Waals surface area contributed by atoms with Gasteiger partial charge in [-0.25, -0.2) is 4.98 Å². The van der Waals surface area contributed by atoms with Crippen molar-refractivity contribution < 1.29 is 9.53 Å². The molecule has 1 saturated heterocycles. The number of hydrogen-bond acceptors (Lipinski definition) is 5. The monoisotopic (exact) mass is 352 g/mol. The summed E-state index contributed by atoms with van der Waals surface area (Å²) < 4.78 is 5.83. The second-order valence-corrected chi connectivity index (χ2v) is 7.01. The number of hydrogen-bond donors (Lipinski definition) is 1. The molecule has 0 spiro atoms. The third kappa shape index (κ3) is 3.79. The molecule has 1 N–H and O–H groups in total. The SMILES string of the molecule is O=C(c1cncc(NC[C@@H]2COc3ccccc3C2)n1)N1CCCCC1. The van der Waals surface area contributed by atoms with E-state index in [1.54, 1.807) is 12.4 Å². The maximum atomic E-state index is 12.6. The van der Waals surface area contributed by atoms with Crippen molar-refractivity contribution in [2.75, 3.05) is 31.6 Å². The molecule has 2 aliphatic rings. The number of amides is 1. The number of nitrogens with zero attached hydrogens (tertiary/aromatic N) is 3. The molecular formula is C20H24N4O2. The highest BCUT2D eigenvalue weighted by molar-refractivity contribution is 5.92. The molecule has 6 nitrogen and oxygen atoms in total. The van der Waals surface area contributed by atoms with E-state index >= 15 is 0 Å². The minimum Gasteiger partial charge on any atom is -0.493 e. The smallest absolute Gasteiger partial charge is 0.274 e. The molecule has 1 amide bonds. The van der Waals surface area contributed by atoms with Crippen LogP contribution in [0.15, 0.2) is 36.7 Å². The first kappa shape index (κ1) is 16.8. The normalized spacial score (nSPS) is 19.4. The van der Waals surface area contributed by atoms with Crippen molar-refractivity contribution in [2.24, 2.45) is 5.92 Å². The summed E-state index contributed by atoms with van der Waals surface area (Å²) >= 11 is 0. The number of rotatable bonds is 4. The lowest BCUT2D eigenvalue weighted by Gasteiger charge is -2.26. The number of aromatic nitrogens is 2. The zero-order chi connectivity index (χ0) is 17.8. The summed E-state index contributed by atoms with van der Waals surface area (Å²) in [7, 11) is 0. The van der Waals surface area contributed by atoms with Gasteiger partial charge in [0.1, 0.15) is 17.3 Å². The Morgan fingerprint density at radius 3 is 2.92 bits per heavy atom. The summed E-state index contributed by atoms with van der Waals surface area (Å²) in [6, 6.07) is 8.16. The standard InChI is InChI=1S/C20H24N4O2/c25-20(24-8-4-1-5-9-24)17-12-21-13-19(23-17)22-11-15-10-16-6-2-3-7-18(16)26-14-15/h2-3,6-7,12-13,15H,1,4-5,8-11,14H2,(H,22,23)/t15-/m1/s1. The van der Waals surface area contributed by atoms with Crippen LogP contribution in [0.5, 0.6) is 5.75 Å². The number of para-hydroxylation sites is 1. The first-order valence-electron chi connectivity index (χ1n) is 9.35. The van der Waals surface area contributed by atoms with Crippen molar-refractivity contribution >= 4 is 11.7 Å². The molecule has 0 aliphatic carbocycles. The molecule has 1 aromatic carbocycles. The van der Waals surface area contributed by atoms with E-state index in [4.69, 9.17) is 4.74 Å². The maximum Gasteiger partial charge on any atom is 0.274 e. The third-order valence-corrected chi connectivity index (χ3v) is 5.02. The molecule has 0 radical (unpaired) electrons. The topological polar surface area (TPSA) is 67.3 Å². The van der Waals surface area contributed by atoms with Crippen LogP contribution in [0.3, 0.4) is 0 Å². The first-order chi connectivity index (χ1) is 12.8. The minimum atomic E-state index is -0.0178. The molecule has 1 aromatic heterocycles. The molecule has 1 atom stereocenters. The predicted molar refractivity (Wildman–Crippen MR) is 99.4 cm³/mol.